The summed E-state index contributed by atoms with van der Waals surface area (Å²) < 4.78 is 5.99. The van der Waals surface area contributed by atoms with Crippen LogP contribution in [0.4, 0.5) is 10.5 Å². The van der Waals surface area contributed by atoms with Gasteiger partial charge in [0.05, 0.1) is 17.8 Å². The van der Waals surface area contributed by atoms with Crippen molar-refractivity contribution in [2.45, 2.75) is 31.6 Å². The Labute approximate surface area is 279 Å². The number of unbranched alkanes of at least 4 members (excludes halogenated alkanes) is 1. The molecule has 1 aliphatic rings. The molecular formula is C38H40N4O6. The predicted molar refractivity (Wildman–Crippen MR) is 186 cm³/mol. The highest BCUT2D eigenvalue weighted by atomic mass is 16.5. The smallest absolute Gasteiger partial charge is 0.405 e. The third-order valence-electron chi connectivity index (χ3n) is 7.97. The number of ether oxygens (including phenoxy) is 1. The van der Waals surface area contributed by atoms with Crippen molar-refractivity contribution in [3.63, 3.8) is 0 Å². The van der Waals surface area contributed by atoms with Gasteiger partial charge in [0.2, 0.25) is 0 Å². The zero-order chi connectivity index (χ0) is 33.9. The average molecular weight is 649 g/mol. The first-order valence-electron chi connectivity index (χ1n) is 15.8. The fourth-order valence-electron chi connectivity index (χ4n) is 5.47. The number of aliphatic hydroxyl groups excluding tert-OH is 1. The molecule has 0 spiro atoms. The average Bonchev–Trinajstić information content (AvgIpc) is 3.10. The highest BCUT2D eigenvalue weighted by molar-refractivity contribution is 5.94. The highest BCUT2D eigenvalue weighted by Crippen LogP contribution is 2.37. The van der Waals surface area contributed by atoms with Crippen molar-refractivity contribution < 1.29 is 29.6 Å². The van der Waals surface area contributed by atoms with Crippen LogP contribution in [0.5, 0.6) is 11.5 Å². The second-order valence-corrected chi connectivity index (χ2v) is 11.5. The summed E-state index contributed by atoms with van der Waals surface area (Å²) in [6.07, 6.45) is 3.37. The van der Waals surface area contributed by atoms with Gasteiger partial charge in [0.25, 0.3) is 5.91 Å². The van der Waals surface area contributed by atoms with E-state index in [0.717, 1.165) is 35.1 Å². The molecule has 5 rings (SSSR count). The van der Waals surface area contributed by atoms with Crippen molar-refractivity contribution >= 4 is 23.8 Å². The first-order chi connectivity index (χ1) is 23.3. The van der Waals surface area contributed by atoms with Crippen LogP contribution >= 0.6 is 0 Å². The fourth-order valence-corrected chi connectivity index (χ4v) is 5.47. The number of aliphatic hydroxyl groups is 1. The topological polar surface area (TPSA) is 152 Å². The normalized spacial score (nSPS) is 13.1. The molecule has 0 saturated carbocycles. The highest BCUT2D eigenvalue weighted by Gasteiger charge is 2.20. The van der Waals surface area contributed by atoms with Gasteiger partial charge >= 0.3 is 6.09 Å². The minimum Gasteiger partial charge on any atom is -0.506 e. The molecule has 1 heterocycles. The molecule has 0 saturated heterocycles. The molecule has 0 bridgehead atoms. The maximum Gasteiger partial charge on any atom is 0.405 e. The number of rotatable bonds is 15. The third kappa shape index (κ3) is 9.03. The van der Waals surface area contributed by atoms with Crippen LogP contribution in [-0.4, -0.2) is 47.0 Å². The molecule has 4 aromatic rings. The summed E-state index contributed by atoms with van der Waals surface area (Å²) in [5.74, 6) is 0.556. The van der Waals surface area contributed by atoms with Gasteiger partial charge in [0.1, 0.15) is 18.1 Å². The lowest BCUT2D eigenvalue weighted by molar-refractivity contribution is 0.0953. The third-order valence-corrected chi connectivity index (χ3v) is 7.97. The van der Waals surface area contributed by atoms with Crippen LogP contribution in [-0.2, 0) is 6.61 Å². The van der Waals surface area contributed by atoms with Crippen molar-refractivity contribution in [2.24, 2.45) is 0 Å². The summed E-state index contributed by atoms with van der Waals surface area (Å²) in [5, 5.41) is 42.1. The lowest BCUT2D eigenvalue weighted by atomic mass is 9.97. The Bertz CT molecular complexity index is 1760. The molecular weight excluding hydrogens is 608 g/mol. The molecule has 7 N–H and O–H groups in total. The Morgan fingerprint density at radius 1 is 0.875 bits per heavy atom. The second kappa shape index (κ2) is 16.3. The summed E-state index contributed by atoms with van der Waals surface area (Å²) in [5.41, 5.74) is 5.70. The molecule has 10 heteroatoms. The van der Waals surface area contributed by atoms with Gasteiger partial charge < -0.3 is 41.3 Å². The maximum atomic E-state index is 12.7. The van der Waals surface area contributed by atoms with Gasteiger partial charge in [0, 0.05) is 29.9 Å². The van der Waals surface area contributed by atoms with E-state index < -0.39 is 18.2 Å². The number of carbonyl (C=O) groups excluding carboxylic acids is 1. The van der Waals surface area contributed by atoms with Gasteiger partial charge in [-0.2, -0.15) is 0 Å². The zero-order valence-electron chi connectivity index (χ0n) is 26.5. The number of hydrogen-bond acceptors (Lipinski definition) is 7. The van der Waals surface area contributed by atoms with Gasteiger partial charge in [-0.15, -0.1) is 0 Å². The number of aromatic hydroxyl groups is 1. The van der Waals surface area contributed by atoms with E-state index in [4.69, 9.17) is 4.74 Å². The number of carboxylic acid groups (broad SMARTS) is 1. The molecule has 1 unspecified atom stereocenters. The molecule has 248 valence electrons. The molecule has 10 nitrogen and oxygen atoms in total. The van der Waals surface area contributed by atoms with E-state index in [-0.39, 0.29) is 18.3 Å². The van der Waals surface area contributed by atoms with Crippen LogP contribution < -0.4 is 26.0 Å². The molecule has 48 heavy (non-hydrogen) atoms. The SMILES string of the molecule is C=C1C=Cc2c([C@@H](O)CNCCCCNC(=O)c3ccc(COc4cccc(C(NC(=O)O)c5ccccc5)c4)cc3)ccc(O)c2N1. The predicted octanol–water partition coefficient (Wildman–Crippen LogP) is 6.11. The summed E-state index contributed by atoms with van der Waals surface area (Å²) >= 11 is 0. The number of phenolic OH excluding ortho intramolecular Hbond substituents is 1. The van der Waals surface area contributed by atoms with Gasteiger partial charge in [-0.1, -0.05) is 73.3 Å². The van der Waals surface area contributed by atoms with E-state index in [2.05, 4.69) is 27.8 Å². The standard InChI is InChI=1S/C38H40N4O6/c1-25-12-17-32-31(18-19-33(43)36(32)41-25)34(44)23-39-20-5-6-21-40-37(45)28-15-13-26(14-16-28)24-48-30-11-7-10-29(22-30)35(42-38(46)47)27-8-3-2-4-9-27/h2-4,7-19,22,34-35,39,41-44H,1,5-6,20-21,23-24H2,(H,40,45)(H,46,47)/t34-,35?/m0/s1. The number of amides is 2. The lowest BCUT2D eigenvalue weighted by Gasteiger charge is -2.22. The zero-order valence-corrected chi connectivity index (χ0v) is 26.5. The van der Waals surface area contributed by atoms with Crippen molar-refractivity contribution in [2.75, 3.05) is 25.0 Å². The number of benzene rings is 4. The Hall–Kier alpha value is -5.58. The van der Waals surface area contributed by atoms with Crippen LogP contribution in [0.2, 0.25) is 0 Å². The molecule has 4 aromatic carbocycles. The molecule has 0 fully saturated rings. The summed E-state index contributed by atoms with van der Waals surface area (Å²) in [7, 11) is 0. The van der Waals surface area contributed by atoms with E-state index in [0.29, 0.717) is 47.9 Å². The van der Waals surface area contributed by atoms with Crippen molar-refractivity contribution in [1.29, 1.82) is 0 Å². The molecule has 0 aromatic heterocycles. The van der Waals surface area contributed by atoms with Crippen molar-refractivity contribution in [1.82, 2.24) is 16.0 Å². The first kappa shape index (κ1) is 33.8. The molecule has 2 amide bonds. The number of phenols is 1. The van der Waals surface area contributed by atoms with Crippen LogP contribution in [0.1, 0.15) is 63.2 Å². The van der Waals surface area contributed by atoms with Gasteiger partial charge in [-0.3, -0.25) is 4.79 Å². The first-order valence-corrected chi connectivity index (χ1v) is 15.8. The molecule has 1 aliphatic heterocycles. The van der Waals surface area contributed by atoms with Gasteiger partial charge in [-0.05, 0) is 78.0 Å². The summed E-state index contributed by atoms with van der Waals surface area (Å²) in [4.78, 5) is 24.1. The quantitative estimate of drug-likeness (QED) is 0.0602. The van der Waals surface area contributed by atoms with E-state index in [1.165, 1.54) is 0 Å². The second-order valence-electron chi connectivity index (χ2n) is 11.5. The van der Waals surface area contributed by atoms with E-state index in [1.54, 1.807) is 30.3 Å². The van der Waals surface area contributed by atoms with Crippen LogP contribution in [0.25, 0.3) is 6.08 Å². The van der Waals surface area contributed by atoms with E-state index >= 15 is 0 Å². The number of anilines is 1. The summed E-state index contributed by atoms with van der Waals surface area (Å²) in [6.45, 7) is 5.70. The van der Waals surface area contributed by atoms with E-state index in [9.17, 15) is 24.9 Å². The Balaban J connectivity index is 1.02. The number of carbonyl (C=O) groups is 2. The maximum absolute atomic E-state index is 12.7. The number of nitrogens with one attached hydrogen (secondary N) is 4. The minimum atomic E-state index is -1.11. The molecule has 0 aliphatic carbocycles. The Kier molecular flexibility index (Phi) is 11.5. The van der Waals surface area contributed by atoms with Crippen LogP contribution in [0, 0.1) is 0 Å². The molecule has 0 radical (unpaired) electrons. The largest absolute Gasteiger partial charge is 0.506 e. The van der Waals surface area contributed by atoms with Crippen molar-refractivity contribution in [3.05, 3.63) is 143 Å². The van der Waals surface area contributed by atoms with Crippen LogP contribution in [0.3, 0.4) is 0 Å². The Morgan fingerprint density at radius 3 is 2.40 bits per heavy atom. The summed E-state index contributed by atoms with van der Waals surface area (Å²) in [6, 6.07) is 26.7. The van der Waals surface area contributed by atoms with E-state index in [1.807, 2.05) is 72.8 Å². The van der Waals surface area contributed by atoms with Gasteiger partial charge in [-0.25, -0.2) is 4.79 Å². The fraction of sp³-hybridized carbons (Fsp3) is 0.211. The number of allylic oxidation sites excluding steroid dienone is 1. The Morgan fingerprint density at radius 2 is 1.62 bits per heavy atom. The number of fused-ring (bicyclic) bond motifs is 1. The van der Waals surface area contributed by atoms with Gasteiger partial charge in [0.15, 0.2) is 0 Å². The minimum absolute atomic E-state index is 0.108. The lowest BCUT2D eigenvalue weighted by Crippen LogP contribution is -2.27. The molecule has 2 atom stereocenters. The number of hydrogen-bond donors (Lipinski definition) is 7. The van der Waals surface area contributed by atoms with Crippen LogP contribution in [0.15, 0.2) is 109 Å². The van der Waals surface area contributed by atoms with Crippen molar-refractivity contribution in [3.8, 4) is 11.5 Å². The monoisotopic (exact) mass is 648 g/mol.